The van der Waals surface area contributed by atoms with Gasteiger partial charge in [0, 0.05) is 17.8 Å². The molecule has 4 rings (SSSR count). The Morgan fingerprint density at radius 1 is 1.03 bits per heavy atom. The van der Waals surface area contributed by atoms with E-state index in [2.05, 4.69) is 20.5 Å². The topological polar surface area (TPSA) is 113 Å². The molecule has 0 fully saturated rings. The molecule has 0 aliphatic carbocycles. The lowest BCUT2D eigenvalue weighted by molar-refractivity contribution is -0.115. The maximum atomic E-state index is 12.5. The van der Waals surface area contributed by atoms with E-state index in [0.717, 1.165) is 16.3 Å². The maximum Gasteiger partial charge on any atom is 0.263 e. The van der Waals surface area contributed by atoms with Crippen LogP contribution < -0.4 is 15.4 Å². The molecule has 3 aromatic carbocycles. The number of carbonyl (C=O) groups excluding carboxylic acids is 1. The van der Waals surface area contributed by atoms with Gasteiger partial charge in [0.1, 0.15) is 5.76 Å². The number of anilines is 2. The van der Waals surface area contributed by atoms with Gasteiger partial charge in [-0.25, -0.2) is 8.42 Å². The fraction of sp³-hybridized carbons (Fsp3) is 0.0417. The minimum absolute atomic E-state index is 0.0340. The molecule has 8 nitrogen and oxygen atoms in total. The van der Waals surface area contributed by atoms with E-state index in [9.17, 15) is 13.2 Å². The van der Waals surface area contributed by atoms with E-state index < -0.39 is 15.9 Å². The molecule has 10 heteroatoms. The second-order valence-electron chi connectivity index (χ2n) is 7.30. The van der Waals surface area contributed by atoms with Crippen LogP contribution in [0.3, 0.4) is 0 Å². The van der Waals surface area contributed by atoms with Crippen LogP contribution in [-0.4, -0.2) is 24.6 Å². The molecule has 0 spiro atoms. The largest absolute Gasteiger partial charge is 0.360 e. The van der Waals surface area contributed by atoms with Crippen LogP contribution in [0.1, 0.15) is 11.3 Å². The van der Waals surface area contributed by atoms with Crippen LogP contribution >= 0.6 is 12.2 Å². The molecule has 0 saturated heterocycles. The number of carbonyl (C=O) groups is 1. The standard InChI is InChI=1S/C24H20N4O4S2/c1-16-15-22(27-32-16)28-34(30,31)20-12-10-19(11-13-20)25-24(33)26-23(29)14-9-18-7-4-6-17-5-2-3-8-21(17)18/h2-15H,1H3,(H,27,28)(H2,25,26,29,33). The zero-order valence-electron chi connectivity index (χ0n) is 18.0. The molecule has 1 aromatic heterocycles. The lowest BCUT2D eigenvalue weighted by Crippen LogP contribution is -2.32. The number of aryl methyl sites for hydroxylation is 1. The SMILES string of the molecule is Cc1cc(NS(=O)(=O)c2ccc(NC(=S)NC(=O)C=Cc3cccc4ccccc34)cc2)no1. The highest BCUT2D eigenvalue weighted by molar-refractivity contribution is 7.92. The van der Waals surface area contributed by atoms with Gasteiger partial charge in [-0.2, -0.15) is 0 Å². The predicted octanol–water partition coefficient (Wildman–Crippen LogP) is 4.46. The van der Waals surface area contributed by atoms with Gasteiger partial charge in [0.15, 0.2) is 10.9 Å². The average molecular weight is 493 g/mol. The molecule has 34 heavy (non-hydrogen) atoms. The number of hydrogen-bond acceptors (Lipinski definition) is 6. The Morgan fingerprint density at radius 3 is 2.50 bits per heavy atom. The van der Waals surface area contributed by atoms with Gasteiger partial charge in [0.25, 0.3) is 10.0 Å². The van der Waals surface area contributed by atoms with E-state index in [-0.39, 0.29) is 15.8 Å². The Labute approximate surface area is 201 Å². The molecule has 3 N–H and O–H groups in total. The van der Waals surface area contributed by atoms with Crippen molar-refractivity contribution in [1.82, 2.24) is 10.5 Å². The smallest absolute Gasteiger partial charge is 0.263 e. The van der Waals surface area contributed by atoms with E-state index in [0.29, 0.717) is 11.4 Å². The number of amides is 1. The van der Waals surface area contributed by atoms with Crippen LogP contribution in [0.15, 0.2) is 88.3 Å². The van der Waals surface area contributed by atoms with Gasteiger partial charge in [-0.05, 0) is 65.8 Å². The number of rotatable bonds is 6. The summed E-state index contributed by atoms with van der Waals surface area (Å²) < 4.78 is 32.1. The Bertz CT molecular complexity index is 1490. The number of fused-ring (bicyclic) bond motifs is 1. The first kappa shape index (κ1) is 23.1. The van der Waals surface area contributed by atoms with Crippen LogP contribution in [0.25, 0.3) is 16.8 Å². The van der Waals surface area contributed by atoms with Gasteiger partial charge in [0.05, 0.1) is 4.90 Å². The monoisotopic (exact) mass is 492 g/mol. The summed E-state index contributed by atoms with van der Waals surface area (Å²) >= 11 is 5.19. The Hall–Kier alpha value is -4.02. The van der Waals surface area contributed by atoms with E-state index >= 15 is 0 Å². The molecule has 0 aliphatic rings. The van der Waals surface area contributed by atoms with Crippen LogP contribution in [0.2, 0.25) is 0 Å². The van der Waals surface area contributed by atoms with Crippen LogP contribution in [0, 0.1) is 6.92 Å². The van der Waals surface area contributed by atoms with Crippen molar-refractivity contribution in [2.24, 2.45) is 0 Å². The zero-order valence-corrected chi connectivity index (χ0v) is 19.6. The van der Waals surface area contributed by atoms with Crippen LogP contribution in [0.4, 0.5) is 11.5 Å². The number of nitrogens with zero attached hydrogens (tertiary/aromatic N) is 1. The number of benzene rings is 3. The number of nitrogens with one attached hydrogen (secondary N) is 3. The summed E-state index contributed by atoms with van der Waals surface area (Å²) in [6.07, 6.45) is 3.13. The molecule has 1 heterocycles. The van der Waals surface area contributed by atoms with E-state index in [1.54, 1.807) is 13.0 Å². The van der Waals surface area contributed by atoms with Crippen molar-refractivity contribution in [3.63, 3.8) is 0 Å². The summed E-state index contributed by atoms with van der Waals surface area (Å²) in [5.41, 5.74) is 1.43. The highest BCUT2D eigenvalue weighted by Gasteiger charge is 2.16. The molecule has 0 saturated carbocycles. The third kappa shape index (κ3) is 5.66. The number of sulfonamides is 1. The first-order valence-corrected chi connectivity index (χ1v) is 12.0. The zero-order chi connectivity index (χ0) is 24.1. The van der Waals surface area contributed by atoms with Crippen LogP contribution in [0.5, 0.6) is 0 Å². The van der Waals surface area contributed by atoms with Crippen molar-refractivity contribution in [3.8, 4) is 0 Å². The van der Waals surface area contributed by atoms with Gasteiger partial charge in [-0.15, -0.1) is 0 Å². The minimum Gasteiger partial charge on any atom is -0.360 e. The highest BCUT2D eigenvalue weighted by Crippen LogP contribution is 2.20. The lowest BCUT2D eigenvalue weighted by atomic mass is 10.0. The summed E-state index contributed by atoms with van der Waals surface area (Å²) in [6.45, 7) is 1.66. The maximum absolute atomic E-state index is 12.5. The van der Waals surface area contributed by atoms with Crippen molar-refractivity contribution >= 4 is 61.6 Å². The van der Waals surface area contributed by atoms with Crippen LogP contribution in [-0.2, 0) is 14.8 Å². The summed E-state index contributed by atoms with van der Waals surface area (Å²) in [6, 6.07) is 21.1. The molecule has 0 radical (unpaired) electrons. The predicted molar refractivity (Wildman–Crippen MR) is 136 cm³/mol. The van der Waals surface area contributed by atoms with Gasteiger partial charge >= 0.3 is 0 Å². The third-order valence-electron chi connectivity index (χ3n) is 4.76. The Morgan fingerprint density at radius 2 is 1.76 bits per heavy atom. The van der Waals surface area contributed by atoms with Crippen molar-refractivity contribution in [1.29, 1.82) is 0 Å². The van der Waals surface area contributed by atoms with Gasteiger partial charge < -0.3 is 9.84 Å². The van der Waals surface area contributed by atoms with E-state index in [4.69, 9.17) is 16.7 Å². The van der Waals surface area contributed by atoms with Gasteiger partial charge in [0.2, 0.25) is 5.91 Å². The Kier molecular flexibility index (Phi) is 6.71. The fourth-order valence-corrected chi connectivity index (χ4v) is 4.41. The summed E-state index contributed by atoms with van der Waals surface area (Å²) in [5.74, 6) is 0.191. The first-order chi connectivity index (χ1) is 16.3. The number of thiocarbonyl (C=S) groups is 1. The first-order valence-electron chi connectivity index (χ1n) is 10.1. The molecule has 0 bridgehead atoms. The molecular weight excluding hydrogens is 472 g/mol. The lowest BCUT2D eigenvalue weighted by Gasteiger charge is -2.09. The van der Waals surface area contributed by atoms with Gasteiger partial charge in [-0.1, -0.05) is 47.6 Å². The molecule has 0 aliphatic heterocycles. The van der Waals surface area contributed by atoms with E-state index in [1.165, 1.54) is 36.4 Å². The fourth-order valence-electron chi connectivity index (χ4n) is 3.21. The van der Waals surface area contributed by atoms with Crippen molar-refractivity contribution in [2.75, 3.05) is 10.0 Å². The number of aromatic nitrogens is 1. The van der Waals surface area contributed by atoms with Crippen molar-refractivity contribution in [2.45, 2.75) is 11.8 Å². The quantitative estimate of drug-likeness (QED) is 0.269. The molecule has 4 aromatic rings. The molecular formula is C24H20N4O4S2. The molecule has 1 amide bonds. The van der Waals surface area contributed by atoms with Gasteiger partial charge in [-0.3, -0.25) is 14.8 Å². The summed E-state index contributed by atoms with van der Waals surface area (Å²) in [4.78, 5) is 12.3. The molecule has 172 valence electrons. The third-order valence-corrected chi connectivity index (χ3v) is 6.34. The second-order valence-corrected chi connectivity index (χ2v) is 9.39. The highest BCUT2D eigenvalue weighted by atomic mass is 32.2. The molecule has 0 unspecified atom stereocenters. The summed E-state index contributed by atoms with van der Waals surface area (Å²) in [7, 11) is -3.83. The Balaban J connectivity index is 1.35. The van der Waals surface area contributed by atoms with Crippen molar-refractivity contribution in [3.05, 3.63) is 90.2 Å². The van der Waals surface area contributed by atoms with Crippen molar-refractivity contribution < 1.29 is 17.7 Å². The second kappa shape index (κ2) is 9.86. The van der Waals surface area contributed by atoms with E-state index in [1.807, 2.05) is 42.5 Å². The summed E-state index contributed by atoms with van der Waals surface area (Å²) in [5, 5.41) is 11.3. The minimum atomic E-state index is -3.83. The molecule has 0 atom stereocenters. The average Bonchev–Trinajstić information content (AvgIpc) is 3.21. The normalized spacial score (nSPS) is 11.4. The number of hydrogen-bond donors (Lipinski definition) is 3.